The largest absolute Gasteiger partial charge is 0.377 e. The standard InChI is InChI=1S/C13H19FO/c1-12(14)7-5-6-10-15-11-13-8-3-2-4-9-13/h2-4,8-9,12H,5-7,10-11H2,1H3. The molecule has 0 heterocycles. The van der Waals surface area contributed by atoms with E-state index in [1.807, 2.05) is 30.3 Å². The minimum Gasteiger partial charge on any atom is -0.377 e. The molecule has 0 aliphatic carbocycles. The van der Waals surface area contributed by atoms with Crippen molar-refractivity contribution in [2.45, 2.75) is 39.0 Å². The Morgan fingerprint density at radius 3 is 2.60 bits per heavy atom. The van der Waals surface area contributed by atoms with Crippen LogP contribution in [-0.4, -0.2) is 12.8 Å². The second-order valence-corrected chi connectivity index (χ2v) is 3.81. The molecular weight excluding hydrogens is 191 g/mol. The van der Waals surface area contributed by atoms with Crippen LogP contribution in [0.15, 0.2) is 30.3 Å². The first-order chi connectivity index (χ1) is 7.29. The molecular formula is C13H19FO. The van der Waals surface area contributed by atoms with Crippen molar-refractivity contribution >= 4 is 0 Å². The van der Waals surface area contributed by atoms with Crippen molar-refractivity contribution < 1.29 is 9.13 Å². The number of hydrogen-bond donors (Lipinski definition) is 0. The smallest absolute Gasteiger partial charge is 0.0973 e. The Morgan fingerprint density at radius 2 is 1.93 bits per heavy atom. The van der Waals surface area contributed by atoms with E-state index in [9.17, 15) is 4.39 Å². The van der Waals surface area contributed by atoms with Crippen LogP contribution in [0.1, 0.15) is 31.7 Å². The first-order valence-electron chi connectivity index (χ1n) is 5.55. The average Bonchev–Trinajstić information content (AvgIpc) is 2.24. The lowest BCUT2D eigenvalue weighted by Gasteiger charge is -2.04. The van der Waals surface area contributed by atoms with Crippen LogP contribution in [-0.2, 0) is 11.3 Å². The van der Waals surface area contributed by atoms with E-state index in [4.69, 9.17) is 4.74 Å². The molecule has 0 aromatic heterocycles. The van der Waals surface area contributed by atoms with Crippen LogP contribution < -0.4 is 0 Å². The Bertz CT molecular complexity index is 246. The maximum absolute atomic E-state index is 12.4. The first kappa shape index (κ1) is 12.2. The molecule has 2 heteroatoms. The van der Waals surface area contributed by atoms with Crippen LogP contribution in [0, 0.1) is 0 Å². The van der Waals surface area contributed by atoms with E-state index in [1.54, 1.807) is 6.92 Å². The number of unbranched alkanes of at least 4 members (excludes halogenated alkanes) is 1. The summed E-state index contributed by atoms with van der Waals surface area (Å²) in [4.78, 5) is 0. The van der Waals surface area contributed by atoms with E-state index in [2.05, 4.69) is 0 Å². The van der Waals surface area contributed by atoms with Crippen molar-refractivity contribution in [2.75, 3.05) is 6.61 Å². The highest BCUT2D eigenvalue weighted by Gasteiger charge is 1.97. The fraction of sp³-hybridized carbons (Fsp3) is 0.538. The summed E-state index contributed by atoms with van der Waals surface area (Å²) in [5, 5.41) is 0. The SMILES string of the molecule is CC(F)CCCCOCc1ccccc1. The minimum absolute atomic E-state index is 0.648. The fourth-order valence-electron chi connectivity index (χ4n) is 1.39. The molecule has 1 nitrogen and oxygen atoms in total. The monoisotopic (exact) mass is 210 g/mol. The number of ether oxygens (including phenoxy) is 1. The molecule has 0 fully saturated rings. The van der Waals surface area contributed by atoms with Crippen LogP contribution in [0.25, 0.3) is 0 Å². The molecule has 0 saturated carbocycles. The van der Waals surface area contributed by atoms with Crippen LogP contribution in [0.4, 0.5) is 4.39 Å². The lowest BCUT2D eigenvalue weighted by molar-refractivity contribution is 0.115. The van der Waals surface area contributed by atoms with Crippen molar-refractivity contribution in [1.29, 1.82) is 0 Å². The van der Waals surface area contributed by atoms with E-state index >= 15 is 0 Å². The van der Waals surface area contributed by atoms with Gasteiger partial charge in [0.2, 0.25) is 0 Å². The Kier molecular flexibility index (Phi) is 6.02. The second kappa shape index (κ2) is 7.41. The molecule has 0 bridgehead atoms. The summed E-state index contributed by atoms with van der Waals surface area (Å²) in [6.45, 7) is 2.98. The van der Waals surface area contributed by atoms with Crippen molar-refractivity contribution in [3.8, 4) is 0 Å². The molecule has 84 valence electrons. The highest BCUT2D eigenvalue weighted by atomic mass is 19.1. The number of alkyl halides is 1. The average molecular weight is 210 g/mol. The van der Waals surface area contributed by atoms with E-state index in [-0.39, 0.29) is 0 Å². The number of halogens is 1. The van der Waals surface area contributed by atoms with E-state index in [0.717, 1.165) is 19.4 Å². The quantitative estimate of drug-likeness (QED) is 0.623. The van der Waals surface area contributed by atoms with Gasteiger partial charge >= 0.3 is 0 Å². The van der Waals surface area contributed by atoms with E-state index in [1.165, 1.54) is 5.56 Å². The molecule has 1 aromatic carbocycles. The molecule has 0 aliphatic heterocycles. The minimum atomic E-state index is -0.681. The summed E-state index contributed by atoms with van der Waals surface area (Å²) >= 11 is 0. The van der Waals surface area contributed by atoms with Gasteiger partial charge < -0.3 is 4.74 Å². The van der Waals surface area contributed by atoms with Crippen LogP contribution in [0.2, 0.25) is 0 Å². The Labute approximate surface area is 91.3 Å². The lowest BCUT2D eigenvalue weighted by atomic mass is 10.2. The highest BCUT2D eigenvalue weighted by molar-refractivity contribution is 5.13. The van der Waals surface area contributed by atoms with Gasteiger partial charge in [0, 0.05) is 6.61 Å². The Morgan fingerprint density at radius 1 is 1.20 bits per heavy atom. The van der Waals surface area contributed by atoms with Crippen LogP contribution in [0.5, 0.6) is 0 Å². The van der Waals surface area contributed by atoms with Gasteiger partial charge in [-0.2, -0.15) is 0 Å². The zero-order valence-electron chi connectivity index (χ0n) is 9.29. The lowest BCUT2D eigenvalue weighted by Crippen LogP contribution is -1.98. The predicted molar refractivity (Wildman–Crippen MR) is 60.5 cm³/mol. The van der Waals surface area contributed by atoms with Gasteiger partial charge in [0.25, 0.3) is 0 Å². The van der Waals surface area contributed by atoms with Crippen molar-refractivity contribution in [1.82, 2.24) is 0 Å². The van der Waals surface area contributed by atoms with Crippen LogP contribution >= 0.6 is 0 Å². The zero-order valence-corrected chi connectivity index (χ0v) is 9.29. The molecule has 1 aromatic rings. The molecule has 0 N–H and O–H groups in total. The van der Waals surface area contributed by atoms with E-state index < -0.39 is 6.17 Å². The number of benzene rings is 1. The molecule has 0 radical (unpaired) electrons. The second-order valence-electron chi connectivity index (χ2n) is 3.81. The van der Waals surface area contributed by atoms with Gasteiger partial charge in [0.1, 0.15) is 0 Å². The van der Waals surface area contributed by atoms with Gasteiger partial charge in [-0.25, -0.2) is 4.39 Å². The van der Waals surface area contributed by atoms with Gasteiger partial charge in [-0.3, -0.25) is 0 Å². The van der Waals surface area contributed by atoms with Gasteiger partial charge in [0.15, 0.2) is 0 Å². The molecule has 1 atom stereocenters. The summed E-state index contributed by atoms with van der Waals surface area (Å²) in [5.74, 6) is 0. The number of hydrogen-bond acceptors (Lipinski definition) is 1. The van der Waals surface area contributed by atoms with Crippen LogP contribution in [0.3, 0.4) is 0 Å². The van der Waals surface area contributed by atoms with Gasteiger partial charge in [-0.1, -0.05) is 30.3 Å². The molecule has 1 unspecified atom stereocenters. The van der Waals surface area contributed by atoms with Crippen molar-refractivity contribution in [3.05, 3.63) is 35.9 Å². The third-order valence-electron chi connectivity index (χ3n) is 2.25. The molecule has 0 saturated heterocycles. The first-order valence-corrected chi connectivity index (χ1v) is 5.55. The fourth-order valence-corrected chi connectivity index (χ4v) is 1.39. The van der Waals surface area contributed by atoms with E-state index in [0.29, 0.717) is 13.0 Å². The maximum Gasteiger partial charge on any atom is 0.0973 e. The summed E-state index contributed by atoms with van der Waals surface area (Å²) < 4.78 is 17.9. The Hall–Kier alpha value is -0.890. The summed E-state index contributed by atoms with van der Waals surface area (Å²) in [5.41, 5.74) is 1.19. The number of rotatable bonds is 7. The summed E-state index contributed by atoms with van der Waals surface area (Å²) in [7, 11) is 0. The molecule has 0 spiro atoms. The molecule has 0 aliphatic rings. The predicted octanol–water partition coefficient (Wildman–Crippen LogP) is 3.73. The molecule has 1 rings (SSSR count). The zero-order chi connectivity index (χ0) is 10.9. The Balaban J connectivity index is 1.98. The molecule has 15 heavy (non-hydrogen) atoms. The maximum atomic E-state index is 12.4. The van der Waals surface area contributed by atoms with Crippen molar-refractivity contribution in [2.24, 2.45) is 0 Å². The third-order valence-corrected chi connectivity index (χ3v) is 2.25. The third kappa shape index (κ3) is 6.24. The summed E-state index contributed by atoms with van der Waals surface area (Å²) in [6.07, 6.45) is 1.82. The summed E-state index contributed by atoms with van der Waals surface area (Å²) in [6, 6.07) is 10.1. The van der Waals surface area contributed by atoms with Crippen molar-refractivity contribution in [3.63, 3.8) is 0 Å². The molecule has 0 amide bonds. The van der Waals surface area contributed by atoms with Gasteiger partial charge in [-0.05, 0) is 31.7 Å². The topological polar surface area (TPSA) is 9.23 Å². The highest BCUT2D eigenvalue weighted by Crippen LogP contribution is 2.05. The normalized spacial score (nSPS) is 12.7. The van der Waals surface area contributed by atoms with Gasteiger partial charge in [0.05, 0.1) is 12.8 Å². The van der Waals surface area contributed by atoms with Gasteiger partial charge in [-0.15, -0.1) is 0 Å².